The van der Waals surface area contributed by atoms with Crippen molar-refractivity contribution in [1.29, 1.82) is 0 Å². The van der Waals surface area contributed by atoms with Crippen molar-refractivity contribution in [3.63, 3.8) is 0 Å². The van der Waals surface area contributed by atoms with E-state index in [4.69, 9.17) is 30.8 Å². The normalized spacial score (nSPS) is 31.0. The average Bonchev–Trinajstić information content (AvgIpc) is 3.24. The minimum absolute atomic E-state index is 0.0448. The lowest BCUT2D eigenvalue weighted by molar-refractivity contribution is -0.0136. The van der Waals surface area contributed by atoms with Gasteiger partial charge in [-0.15, -0.1) is 0 Å². The molecule has 0 amide bonds. The van der Waals surface area contributed by atoms with Gasteiger partial charge in [-0.05, 0) is 33.3 Å². The van der Waals surface area contributed by atoms with Gasteiger partial charge >= 0.3 is 0 Å². The number of aliphatic hydroxyl groups excluding tert-OH is 1. The third-order valence-corrected chi connectivity index (χ3v) is 7.01. The minimum Gasteiger partial charge on any atom is -0.489 e. The van der Waals surface area contributed by atoms with Crippen molar-refractivity contribution in [1.82, 2.24) is 14.9 Å². The Kier molecular flexibility index (Phi) is 6.04. The summed E-state index contributed by atoms with van der Waals surface area (Å²) in [6.45, 7) is 7.00. The fourth-order valence-corrected chi connectivity index (χ4v) is 4.92. The van der Waals surface area contributed by atoms with Crippen LogP contribution in [0.15, 0.2) is 28.7 Å². The van der Waals surface area contributed by atoms with Crippen molar-refractivity contribution in [2.24, 2.45) is 4.99 Å². The van der Waals surface area contributed by atoms with Crippen molar-refractivity contribution < 1.29 is 23.7 Å². The molecule has 184 valence electrons. The predicted molar refractivity (Wildman–Crippen MR) is 125 cm³/mol. The number of ether oxygens (including phenoxy) is 3. The van der Waals surface area contributed by atoms with Crippen LogP contribution in [-0.4, -0.2) is 88.7 Å². The second kappa shape index (κ2) is 8.75. The zero-order valence-electron chi connectivity index (χ0n) is 19.6. The number of hydrogen-bond acceptors (Lipinski definition) is 9. The molecule has 5 atom stereocenters. The second-order valence-corrected chi connectivity index (χ2v) is 9.86. The van der Waals surface area contributed by atoms with Crippen LogP contribution >= 0.6 is 11.6 Å². The zero-order valence-corrected chi connectivity index (χ0v) is 20.3. The van der Waals surface area contributed by atoms with E-state index in [1.165, 1.54) is 12.3 Å². The Morgan fingerprint density at radius 1 is 1.35 bits per heavy atom. The topological polar surface area (TPSA) is 101 Å². The Morgan fingerprint density at radius 3 is 2.88 bits per heavy atom. The predicted octanol–water partition coefficient (Wildman–Crippen LogP) is 2.56. The number of aliphatic imine (C=N–C) groups is 1. The molecule has 11 heteroatoms. The molecule has 9 nitrogen and oxygen atoms in total. The molecular formula is C23H29ClFN5O4. The van der Waals surface area contributed by atoms with Gasteiger partial charge in [-0.2, -0.15) is 0 Å². The number of aromatic nitrogens is 2. The number of anilines is 1. The monoisotopic (exact) mass is 493 g/mol. The van der Waals surface area contributed by atoms with Gasteiger partial charge in [0.05, 0.1) is 47.4 Å². The van der Waals surface area contributed by atoms with Crippen LogP contribution in [0.4, 0.5) is 10.3 Å². The average molecular weight is 494 g/mol. The van der Waals surface area contributed by atoms with E-state index in [-0.39, 0.29) is 23.7 Å². The summed E-state index contributed by atoms with van der Waals surface area (Å²) in [7, 11) is 1.62. The van der Waals surface area contributed by atoms with E-state index in [2.05, 4.69) is 15.3 Å². The van der Waals surface area contributed by atoms with Crippen LogP contribution in [0.25, 0.3) is 5.57 Å². The molecule has 4 aliphatic rings. The van der Waals surface area contributed by atoms with E-state index in [1.807, 2.05) is 25.7 Å². The largest absolute Gasteiger partial charge is 0.489 e. The van der Waals surface area contributed by atoms with Gasteiger partial charge in [-0.3, -0.25) is 4.99 Å². The Hall–Kier alpha value is -2.27. The first-order chi connectivity index (χ1) is 16.2. The quantitative estimate of drug-likeness (QED) is 0.645. The molecule has 5 rings (SSSR count). The summed E-state index contributed by atoms with van der Waals surface area (Å²) in [6.07, 6.45) is 1.47. The molecule has 3 aliphatic heterocycles. The lowest BCUT2D eigenvalue weighted by atomic mass is 9.92. The Bertz CT molecular complexity index is 1080. The molecule has 0 aromatic carbocycles. The summed E-state index contributed by atoms with van der Waals surface area (Å²) in [5.74, 6) is 1.48. The molecule has 2 unspecified atom stereocenters. The fourth-order valence-electron chi connectivity index (χ4n) is 4.72. The maximum Gasteiger partial charge on any atom is 0.223 e. The zero-order chi connectivity index (χ0) is 24.2. The highest BCUT2D eigenvalue weighted by Gasteiger charge is 2.50. The molecule has 0 spiro atoms. The lowest BCUT2D eigenvalue weighted by Crippen LogP contribution is -2.51. The highest BCUT2D eigenvalue weighted by Crippen LogP contribution is 2.45. The van der Waals surface area contributed by atoms with Gasteiger partial charge in [-0.25, -0.2) is 14.4 Å². The molecular weight excluding hydrogens is 465 g/mol. The summed E-state index contributed by atoms with van der Waals surface area (Å²) >= 11 is 6.49. The molecule has 0 radical (unpaired) electrons. The van der Waals surface area contributed by atoms with Gasteiger partial charge in [0.15, 0.2) is 0 Å². The fraction of sp³-hybridized carbons (Fsp3) is 0.609. The highest BCUT2D eigenvalue weighted by molar-refractivity contribution is 6.32. The standard InChI is InChI=1S/C23H29ClFN5O4/c1-11-9-34-20-12(7-14(25)18-19(20)30(11)21(28-18)23(2,3)32-4)17-13(24)8-26-22(29-17)27-15-5-6-33-10-16(15)31/h7-8,11,14-16,18,31H,5-6,9-10H2,1-4H3,(H,26,27,29)/t11-,14?,15+,16+,18?/m0/s1. The number of hydrogen-bond donors (Lipinski definition) is 2. The number of nitrogens with zero attached hydrogens (tertiary/aromatic N) is 4. The number of rotatable bonds is 5. The number of halogens is 2. The summed E-state index contributed by atoms with van der Waals surface area (Å²) < 4.78 is 32.6. The van der Waals surface area contributed by atoms with Crippen LogP contribution in [0.3, 0.4) is 0 Å². The molecule has 2 N–H and O–H groups in total. The maximum absolute atomic E-state index is 15.5. The van der Waals surface area contributed by atoms with Crippen molar-refractivity contribution in [2.75, 3.05) is 32.2 Å². The Balaban J connectivity index is 1.53. The van der Waals surface area contributed by atoms with Gasteiger partial charge < -0.3 is 29.5 Å². The molecule has 34 heavy (non-hydrogen) atoms. The number of alkyl halides is 1. The van der Waals surface area contributed by atoms with Crippen LogP contribution in [-0.2, 0) is 14.2 Å². The van der Waals surface area contributed by atoms with Gasteiger partial charge in [0.2, 0.25) is 5.95 Å². The van der Waals surface area contributed by atoms with E-state index in [1.54, 1.807) is 7.11 Å². The van der Waals surface area contributed by atoms with Crippen LogP contribution in [0.1, 0.15) is 32.9 Å². The van der Waals surface area contributed by atoms with Gasteiger partial charge in [0.25, 0.3) is 0 Å². The maximum atomic E-state index is 15.5. The van der Waals surface area contributed by atoms with Crippen molar-refractivity contribution in [2.45, 2.75) is 63.2 Å². The van der Waals surface area contributed by atoms with Crippen LogP contribution < -0.4 is 5.32 Å². The first kappa shape index (κ1) is 23.5. The smallest absolute Gasteiger partial charge is 0.223 e. The van der Waals surface area contributed by atoms with Crippen LogP contribution in [0.2, 0.25) is 5.02 Å². The first-order valence-corrected chi connectivity index (χ1v) is 11.8. The lowest BCUT2D eigenvalue weighted by Gasteiger charge is -2.41. The molecule has 4 heterocycles. The van der Waals surface area contributed by atoms with E-state index in [9.17, 15) is 5.11 Å². The van der Waals surface area contributed by atoms with Crippen molar-refractivity contribution >= 4 is 29.0 Å². The number of amidine groups is 1. The number of aliphatic hydroxyl groups is 1. The molecule has 1 aliphatic carbocycles. The van der Waals surface area contributed by atoms with Gasteiger partial charge in [-0.1, -0.05) is 11.6 Å². The van der Waals surface area contributed by atoms with Gasteiger partial charge in [0, 0.05) is 19.3 Å². The summed E-state index contributed by atoms with van der Waals surface area (Å²) in [5.41, 5.74) is 0.784. The molecule has 1 aromatic rings. The molecule has 1 aromatic heterocycles. The summed E-state index contributed by atoms with van der Waals surface area (Å²) in [4.78, 5) is 15.6. The molecule has 1 fully saturated rings. The van der Waals surface area contributed by atoms with E-state index in [0.717, 1.165) is 0 Å². The Labute approximate surface area is 202 Å². The number of nitrogens with one attached hydrogen (secondary N) is 1. The van der Waals surface area contributed by atoms with E-state index in [0.29, 0.717) is 54.1 Å². The Morgan fingerprint density at radius 2 is 2.15 bits per heavy atom. The van der Waals surface area contributed by atoms with Crippen LogP contribution in [0, 0.1) is 0 Å². The SMILES string of the molecule is COC(C)(C)C1=NC2C3=C(OC[C@H](C)N13)C(c1nc(N[C@@H]3CCOC[C@H]3O)ncc1Cl)=CC2F. The summed E-state index contributed by atoms with van der Waals surface area (Å²) in [5, 5.41) is 13.6. The second-order valence-electron chi connectivity index (χ2n) is 9.45. The third-order valence-electron chi connectivity index (χ3n) is 6.73. The molecule has 1 saturated heterocycles. The van der Waals surface area contributed by atoms with E-state index >= 15 is 4.39 Å². The van der Waals surface area contributed by atoms with Crippen molar-refractivity contribution in [3.8, 4) is 0 Å². The highest BCUT2D eigenvalue weighted by atomic mass is 35.5. The number of methoxy groups -OCH3 is 1. The number of allylic oxidation sites excluding steroid dienone is 1. The summed E-state index contributed by atoms with van der Waals surface area (Å²) in [6, 6.07) is -1.02. The van der Waals surface area contributed by atoms with E-state index < -0.39 is 23.9 Å². The molecule has 0 saturated carbocycles. The first-order valence-electron chi connectivity index (χ1n) is 11.4. The van der Waals surface area contributed by atoms with Crippen molar-refractivity contribution in [3.05, 3.63) is 34.4 Å². The third kappa shape index (κ3) is 3.86. The van der Waals surface area contributed by atoms with Gasteiger partial charge in [0.1, 0.15) is 36.0 Å². The molecule has 0 bridgehead atoms. The van der Waals surface area contributed by atoms with Crippen LogP contribution in [0.5, 0.6) is 0 Å². The minimum atomic E-state index is -1.39.